The number of carbonyl (C=O) groups excluding carboxylic acids is 2. The Hall–Kier alpha value is -3.07. The van der Waals surface area contributed by atoms with Crippen molar-refractivity contribution in [3.8, 4) is 0 Å². The molecular weight excluding hydrogens is 570 g/mol. The highest BCUT2D eigenvalue weighted by Crippen LogP contribution is 2.33. The van der Waals surface area contributed by atoms with Crippen molar-refractivity contribution < 1.29 is 32.3 Å². The Morgan fingerprint density at radius 3 is 2.63 bits per heavy atom. The van der Waals surface area contributed by atoms with Crippen LogP contribution in [0, 0.1) is 0 Å². The topological polar surface area (TPSA) is 140 Å². The van der Waals surface area contributed by atoms with Crippen molar-refractivity contribution >= 4 is 44.0 Å². The number of carbonyl (C=O) groups is 2. The van der Waals surface area contributed by atoms with E-state index >= 15 is 0 Å². The Kier molecular flexibility index (Phi) is 9.22. The van der Waals surface area contributed by atoms with E-state index in [1.54, 1.807) is 30.2 Å². The van der Waals surface area contributed by atoms with Crippen molar-refractivity contribution in [2.75, 3.05) is 44.8 Å². The maximum Gasteiger partial charge on any atom is 0.410 e. The van der Waals surface area contributed by atoms with Crippen molar-refractivity contribution in [1.29, 1.82) is 0 Å². The van der Waals surface area contributed by atoms with Gasteiger partial charge >= 0.3 is 6.09 Å². The van der Waals surface area contributed by atoms with E-state index in [1.165, 1.54) is 23.5 Å². The molecule has 0 radical (unpaired) electrons. The lowest BCUT2D eigenvalue weighted by Gasteiger charge is -2.38. The zero-order chi connectivity index (χ0) is 29.0. The van der Waals surface area contributed by atoms with E-state index in [0.29, 0.717) is 76.0 Å². The van der Waals surface area contributed by atoms with Gasteiger partial charge in [0.05, 0.1) is 30.0 Å². The van der Waals surface area contributed by atoms with Gasteiger partial charge in [0.1, 0.15) is 0 Å². The first-order valence-electron chi connectivity index (χ1n) is 13.8. The average molecular weight is 606 g/mol. The number of rotatable bonds is 10. The van der Waals surface area contributed by atoms with Crippen molar-refractivity contribution in [3.05, 3.63) is 40.9 Å². The van der Waals surface area contributed by atoms with E-state index in [9.17, 15) is 18.0 Å². The lowest BCUT2D eigenvalue weighted by Crippen LogP contribution is -2.53. The lowest BCUT2D eigenvalue weighted by atomic mass is 10.1. The lowest BCUT2D eigenvalue weighted by molar-refractivity contribution is -0.110. The summed E-state index contributed by atoms with van der Waals surface area (Å²) in [5, 5.41) is 7.06. The number of aromatic nitrogens is 1. The Bertz CT molecular complexity index is 1370. The number of thiazole rings is 1. The van der Waals surface area contributed by atoms with Gasteiger partial charge in [-0.05, 0) is 38.8 Å². The van der Waals surface area contributed by atoms with E-state index in [1.807, 2.05) is 6.92 Å². The zero-order valence-electron chi connectivity index (χ0n) is 23.2. The molecule has 2 atom stereocenters. The molecule has 2 saturated heterocycles. The molecule has 0 unspecified atom stereocenters. The molecule has 3 fully saturated rings. The Labute approximate surface area is 243 Å². The van der Waals surface area contributed by atoms with Gasteiger partial charge in [-0.3, -0.25) is 15.0 Å². The predicted octanol–water partition coefficient (Wildman–Crippen LogP) is 2.89. The smallest absolute Gasteiger partial charge is 0.410 e. The quantitative estimate of drug-likeness (QED) is 0.320. The van der Waals surface area contributed by atoms with Crippen LogP contribution in [0.4, 0.5) is 9.93 Å². The second kappa shape index (κ2) is 12.8. The number of benzene rings is 1. The summed E-state index contributed by atoms with van der Waals surface area (Å²) in [4.78, 5) is 40.6. The molecule has 0 bridgehead atoms. The van der Waals surface area contributed by atoms with Gasteiger partial charge in [-0.1, -0.05) is 17.3 Å². The minimum atomic E-state index is -3.35. The van der Waals surface area contributed by atoms with E-state index < -0.39 is 15.7 Å². The van der Waals surface area contributed by atoms with E-state index in [-0.39, 0.29) is 34.1 Å². The Morgan fingerprint density at radius 2 is 1.98 bits per heavy atom. The fourth-order valence-electron chi connectivity index (χ4n) is 4.79. The summed E-state index contributed by atoms with van der Waals surface area (Å²) in [6.45, 7) is 7.71. The molecule has 2 aliphatic heterocycles. The van der Waals surface area contributed by atoms with Crippen LogP contribution in [-0.4, -0.2) is 97.8 Å². The molecular formula is C27H35N5O7S2. The minimum absolute atomic E-state index is 0.0181. The van der Waals surface area contributed by atoms with Gasteiger partial charge in [0.2, 0.25) is 0 Å². The average Bonchev–Trinajstić information content (AvgIpc) is 3.53. The van der Waals surface area contributed by atoms with Crippen LogP contribution in [0.2, 0.25) is 0 Å². The largest absolute Gasteiger partial charge is 0.450 e. The van der Waals surface area contributed by atoms with Gasteiger partial charge in [-0.2, -0.15) is 0 Å². The maximum atomic E-state index is 13.3. The molecule has 222 valence electrons. The summed E-state index contributed by atoms with van der Waals surface area (Å²) in [6, 6.07) is 6.19. The van der Waals surface area contributed by atoms with Crippen molar-refractivity contribution in [1.82, 2.24) is 14.8 Å². The van der Waals surface area contributed by atoms with E-state index in [0.717, 1.165) is 4.88 Å². The molecule has 1 saturated carbocycles. The number of sulfone groups is 1. The standard InChI is InChI=1S/C27H35N5O7S2/c1-3-38-27(34)32-12-11-31(15-18(32)2)16-21-14-28-26(40-21)29-25(33)24(30-39-20-10-13-37-17-20)19-4-6-22(7-5-19)41(35,36)23-8-9-23/h4-7,14,18,20,23H,3,8-13,15-17H2,1-2H3,(H,28,29,33)/b30-24+/t18-,20+/m0/s1. The third kappa shape index (κ3) is 7.23. The number of nitrogens with one attached hydrogen (secondary N) is 1. The highest BCUT2D eigenvalue weighted by Gasteiger charge is 2.37. The molecule has 5 rings (SSSR count). The van der Waals surface area contributed by atoms with Crippen molar-refractivity contribution in [2.45, 2.75) is 61.9 Å². The second-order valence-corrected chi connectivity index (χ2v) is 13.7. The van der Waals surface area contributed by atoms with Gasteiger partial charge in [-0.15, -0.1) is 11.3 Å². The molecule has 2 aromatic rings. The number of hydrogen-bond donors (Lipinski definition) is 1. The minimum Gasteiger partial charge on any atom is -0.450 e. The van der Waals surface area contributed by atoms with Crippen LogP contribution in [0.5, 0.6) is 0 Å². The Balaban J connectivity index is 1.24. The first kappa shape index (κ1) is 29.4. The molecule has 14 heteroatoms. The van der Waals surface area contributed by atoms with Gasteiger partial charge in [0.15, 0.2) is 26.8 Å². The summed E-state index contributed by atoms with van der Waals surface area (Å²) in [7, 11) is -3.35. The normalized spacial score (nSPS) is 22.0. The zero-order valence-corrected chi connectivity index (χ0v) is 24.8. The fourth-order valence-corrected chi connectivity index (χ4v) is 7.30. The first-order valence-corrected chi connectivity index (χ1v) is 16.2. The summed E-state index contributed by atoms with van der Waals surface area (Å²) >= 11 is 1.36. The van der Waals surface area contributed by atoms with Gasteiger partial charge in [-0.25, -0.2) is 18.2 Å². The van der Waals surface area contributed by atoms with Crippen LogP contribution in [-0.2, 0) is 35.5 Å². The van der Waals surface area contributed by atoms with E-state index in [2.05, 4.69) is 20.4 Å². The maximum absolute atomic E-state index is 13.3. The molecule has 1 aromatic heterocycles. The van der Waals surface area contributed by atoms with E-state index in [4.69, 9.17) is 14.3 Å². The van der Waals surface area contributed by atoms with Crippen LogP contribution in [0.3, 0.4) is 0 Å². The number of oxime groups is 1. The SMILES string of the molecule is CCOC(=O)N1CCN(Cc2cnc(NC(=O)/C(=N/O[C@@H]3CCOC3)c3ccc(S(=O)(=O)C4CC4)cc3)s2)C[C@@H]1C. The molecule has 0 spiro atoms. The van der Waals surface area contributed by atoms with Crippen LogP contribution >= 0.6 is 11.3 Å². The monoisotopic (exact) mass is 605 g/mol. The summed E-state index contributed by atoms with van der Waals surface area (Å²) in [6.07, 6.45) is 3.20. The van der Waals surface area contributed by atoms with Gasteiger partial charge in [0, 0.05) is 55.3 Å². The van der Waals surface area contributed by atoms with Crippen LogP contribution in [0.25, 0.3) is 0 Å². The number of anilines is 1. The summed E-state index contributed by atoms with van der Waals surface area (Å²) in [5.41, 5.74) is 0.453. The van der Waals surface area contributed by atoms with Crippen LogP contribution in [0.15, 0.2) is 40.5 Å². The Morgan fingerprint density at radius 1 is 1.20 bits per heavy atom. The predicted molar refractivity (Wildman–Crippen MR) is 153 cm³/mol. The summed E-state index contributed by atoms with van der Waals surface area (Å²) < 4.78 is 35.7. The van der Waals surface area contributed by atoms with Gasteiger partial charge in [0.25, 0.3) is 5.91 Å². The third-order valence-corrected chi connectivity index (χ3v) is 10.4. The number of hydrogen-bond acceptors (Lipinski definition) is 11. The summed E-state index contributed by atoms with van der Waals surface area (Å²) in [5.74, 6) is -0.515. The number of ether oxygens (including phenoxy) is 2. The molecule has 12 nitrogen and oxygen atoms in total. The number of nitrogens with zero attached hydrogens (tertiary/aromatic N) is 4. The van der Waals surface area contributed by atoms with Crippen molar-refractivity contribution in [3.63, 3.8) is 0 Å². The van der Waals surface area contributed by atoms with Crippen molar-refractivity contribution in [2.24, 2.45) is 5.16 Å². The first-order chi connectivity index (χ1) is 19.7. The molecule has 1 aliphatic carbocycles. The molecule has 1 aromatic carbocycles. The molecule has 3 aliphatic rings. The fraction of sp³-hybridized carbons (Fsp3) is 0.556. The molecule has 3 heterocycles. The van der Waals surface area contributed by atoms with Crippen LogP contribution in [0.1, 0.15) is 43.6 Å². The molecule has 2 amide bonds. The van der Waals surface area contributed by atoms with Crippen LogP contribution < -0.4 is 5.32 Å². The number of amides is 2. The molecule has 41 heavy (non-hydrogen) atoms. The van der Waals surface area contributed by atoms with Gasteiger partial charge < -0.3 is 19.2 Å². The highest BCUT2D eigenvalue weighted by atomic mass is 32.2. The number of piperazine rings is 1. The highest BCUT2D eigenvalue weighted by molar-refractivity contribution is 7.92. The third-order valence-electron chi connectivity index (χ3n) is 7.18. The molecule has 1 N–H and O–H groups in total. The second-order valence-electron chi connectivity index (χ2n) is 10.4.